The van der Waals surface area contributed by atoms with Gasteiger partial charge in [0.05, 0.1) is 17.1 Å². The van der Waals surface area contributed by atoms with Crippen molar-refractivity contribution in [3.63, 3.8) is 0 Å². The van der Waals surface area contributed by atoms with Gasteiger partial charge in [-0.25, -0.2) is 9.50 Å². The Morgan fingerprint density at radius 2 is 1.69 bits per heavy atom. The van der Waals surface area contributed by atoms with E-state index in [0.29, 0.717) is 9.76 Å². The first-order valence-corrected chi connectivity index (χ1v) is 12.0. The first kappa shape index (κ1) is 24.2. The maximum Gasteiger partial charge on any atom is 0.236 e. The van der Waals surface area contributed by atoms with Gasteiger partial charge in [-0.05, 0) is 49.9 Å². The van der Waals surface area contributed by atoms with Crippen molar-refractivity contribution in [1.29, 1.82) is 5.26 Å². The average molecular weight is 447 g/mol. The van der Waals surface area contributed by atoms with Gasteiger partial charge in [-0.1, -0.05) is 58.9 Å². The molecule has 2 radical (unpaired) electrons. The fraction of sp³-hybridized carbons (Fsp3) is 0.500. The summed E-state index contributed by atoms with van der Waals surface area (Å²) in [4.78, 5) is 4.88. The minimum Gasteiger partial charge on any atom is -0.408 e. The molecule has 6 heteroatoms. The van der Waals surface area contributed by atoms with Crippen molar-refractivity contribution in [2.75, 3.05) is 0 Å². The third kappa shape index (κ3) is 4.95. The molecule has 3 aromatic rings. The lowest BCUT2D eigenvalue weighted by atomic mass is 9.81. The van der Waals surface area contributed by atoms with Gasteiger partial charge in [0, 0.05) is 23.2 Å². The summed E-state index contributed by atoms with van der Waals surface area (Å²) in [6.45, 7) is 18.8. The van der Waals surface area contributed by atoms with E-state index in [1.54, 1.807) is 0 Å². The van der Waals surface area contributed by atoms with Crippen LogP contribution in [0, 0.1) is 11.3 Å². The Labute approximate surface area is 194 Å². The molecule has 0 atom stereocenters. The Morgan fingerprint density at radius 1 is 1.03 bits per heavy atom. The molecule has 2 aromatic heterocycles. The van der Waals surface area contributed by atoms with Crippen LogP contribution >= 0.6 is 0 Å². The lowest BCUT2D eigenvalue weighted by molar-refractivity contribution is 0.109. The Morgan fingerprint density at radius 3 is 2.28 bits per heavy atom. The number of hydrogen-bond donors (Lipinski definition) is 0. The average Bonchev–Trinajstić information content (AvgIpc) is 3.16. The molecule has 5 nitrogen and oxygen atoms in total. The normalized spacial score (nSPS) is 13.0. The van der Waals surface area contributed by atoms with Gasteiger partial charge in [-0.15, -0.1) is 0 Å². The Kier molecular flexibility index (Phi) is 6.38. The molecule has 1 aromatic carbocycles. The summed E-state index contributed by atoms with van der Waals surface area (Å²) in [5.41, 5.74) is 3.64. The number of aromatic nitrogens is 3. The van der Waals surface area contributed by atoms with E-state index >= 15 is 0 Å². The molecule has 168 valence electrons. The third-order valence-electron chi connectivity index (χ3n) is 5.44. The molecule has 0 saturated heterocycles. The second-order valence-corrected chi connectivity index (χ2v) is 12.7. The van der Waals surface area contributed by atoms with E-state index in [4.69, 9.17) is 14.5 Å². The van der Waals surface area contributed by atoms with Gasteiger partial charge in [0.1, 0.15) is 0 Å². The highest BCUT2D eigenvalue weighted by molar-refractivity contribution is 6.31. The summed E-state index contributed by atoms with van der Waals surface area (Å²) in [5, 5.41) is 14.7. The number of pyridine rings is 1. The van der Waals surface area contributed by atoms with Crippen molar-refractivity contribution in [1.82, 2.24) is 14.6 Å². The fourth-order valence-electron chi connectivity index (χ4n) is 3.44. The van der Waals surface area contributed by atoms with Crippen LogP contribution in [0.5, 0.6) is 0 Å². The highest BCUT2D eigenvalue weighted by Gasteiger charge is 2.29. The van der Waals surface area contributed by atoms with Crippen LogP contribution in [0.3, 0.4) is 0 Å². The highest BCUT2D eigenvalue weighted by Crippen LogP contribution is 2.38. The monoisotopic (exact) mass is 446 g/mol. The van der Waals surface area contributed by atoms with E-state index in [1.807, 2.05) is 42.8 Å². The van der Waals surface area contributed by atoms with E-state index in [1.165, 1.54) is 0 Å². The quantitative estimate of drug-likeness (QED) is 0.410. The summed E-state index contributed by atoms with van der Waals surface area (Å²) in [6.07, 6.45) is 2.03. The molecule has 0 fully saturated rings. The van der Waals surface area contributed by atoms with Crippen LogP contribution in [0.1, 0.15) is 85.2 Å². The van der Waals surface area contributed by atoms with E-state index in [-0.39, 0.29) is 11.0 Å². The first-order valence-electron chi connectivity index (χ1n) is 11.1. The molecule has 3 rings (SSSR count). The molecule has 0 saturated carbocycles. The number of benzene rings is 1. The van der Waals surface area contributed by atoms with Crippen LogP contribution in [-0.2, 0) is 15.4 Å². The standard InChI is InChI=1S/C26H34N4OSi/c1-17(2)22-28-23-20(19-12-10-11-13-21(19)25(6,7)16-27)14-18(15-30(23)29-22)26(8,9)31-32-24(3,4)5/h10-15,17H,1-9H3. The fourth-order valence-corrected chi connectivity index (χ4v) is 4.12. The zero-order valence-corrected chi connectivity index (χ0v) is 21.7. The molecule has 0 N–H and O–H groups in total. The lowest BCUT2D eigenvalue weighted by Gasteiger charge is -2.30. The van der Waals surface area contributed by atoms with Crippen molar-refractivity contribution in [2.45, 2.75) is 84.3 Å². The molecule has 0 aliphatic carbocycles. The summed E-state index contributed by atoms with van der Waals surface area (Å²) in [7, 11) is 0.360. The number of nitrogens with zero attached hydrogens (tertiary/aromatic N) is 4. The zero-order valence-electron chi connectivity index (χ0n) is 20.7. The van der Waals surface area contributed by atoms with Crippen molar-refractivity contribution in [2.24, 2.45) is 0 Å². The maximum absolute atomic E-state index is 9.84. The number of rotatable bonds is 6. The van der Waals surface area contributed by atoms with E-state index in [2.05, 4.69) is 66.7 Å². The van der Waals surface area contributed by atoms with Gasteiger partial charge in [0.15, 0.2) is 11.5 Å². The molecule has 0 spiro atoms. The van der Waals surface area contributed by atoms with Crippen LogP contribution in [-0.4, -0.2) is 24.4 Å². The van der Waals surface area contributed by atoms with Gasteiger partial charge in [0.25, 0.3) is 0 Å². The third-order valence-corrected chi connectivity index (χ3v) is 6.67. The smallest absolute Gasteiger partial charge is 0.236 e. The molecule has 32 heavy (non-hydrogen) atoms. The molecule has 0 aliphatic heterocycles. The Bertz CT molecular complexity index is 1160. The predicted molar refractivity (Wildman–Crippen MR) is 131 cm³/mol. The van der Waals surface area contributed by atoms with Crippen molar-refractivity contribution >= 4 is 15.4 Å². The Balaban J connectivity index is 2.28. The van der Waals surface area contributed by atoms with Crippen LogP contribution in [0.15, 0.2) is 36.5 Å². The molecular formula is C26H34N4OSi. The van der Waals surface area contributed by atoms with Gasteiger partial charge in [0.2, 0.25) is 9.76 Å². The minimum absolute atomic E-state index is 0.0890. The number of hydrogen-bond acceptors (Lipinski definition) is 4. The van der Waals surface area contributed by atoms with Crippen LogP contribution in [0.25, 0.3) is 16.8 Å². The van der Waals surface area contributed by atoms with E-state index < -0.39 is 11.0 Å². The van der Waals surface area contributed by atoms with Gasteiger partial charge in [-0.2, -0.15) is 10.4 Å². The number of fused-ring (bicyclic) bond motifs is 1. The van der Waals surface area contributed by atoms with Crippen LogP contribution in [0.4, 0.5) is 0 Å². The van der Waals surface area contributed by atoms with E-state index in [9.17, 15) is 5.26 Å². The summed E-state index contributed by atoms with van der Waals surface area (Å²) >= 11 is 0. The first-order chi connectivity index (χ1) is 14.7. The van der Waals surface area contributed by atoms with Gasteiger partial charge < -0.3 is 4.43 Å². The van der Waals surface area contributed by atoms with Gasteiger partial charge >= 0.3 is 0 Å². The molecule has 2 heterocycles. The Hall–Kier alpha value is -2.49. The topological polar surface area (TPSA) is 63.2 Å². The van der Waals surface area contributed by atoms with Gasteiger partial charge in [-0.3, -0.25) is 0 Å². The van der Waals surface area contributed by atoms with Crippen molar-refractivity contribution < 1.29 is 4.43 Å². The van der Waals surface area contributed by atoms with Crippen molar-refractivity contribution in [3.05, 3.63) is 53.5 Å². The molecular weight excluding hydrogens is 412 g/mol. The lowest BCUT2D eigenvalue weighted by Crippen LogP contribution is -2.28. The zero-order chi connectivity index (χ0) is 23.9. The number of nitriles is 1. The highest BCUT2D eigenvalue weighted by atomic mass is 28.2. The molecule has 0 bridgehead atoms. The minimum atomic E-state index is -0.635. The summed E-state index contributed by atoms with van der Waals surface area (Å²) in [6, 6.07) is 12.7. The summed E-state index contributed by atoms with van der Waals surface area (Å²) < 4.78 is 8.28. The second kappa shape index (κ2) is 8.46. The summed E-state index contributed by atoms with van der Waals surface area (Å²) in [5.74, 6) is 1.01. The maximum atomic E-state index is 9.84. The molecule has 0 unspecified atom stereocenters. The molecule has 0 aliphatic rings. The SMILES string of the molecule is CC(C)c1nc2c(-c3ccccc3C(C)(C)C#N)cc(C(C)(C)O[Si]C(C)(C)C)cn2n1. The molecule has 0 amide bonds. The van der Waals surface area contributed by atoms with Crippen LogP contribution in [0.2, 0.25) is 5.04 Å². The van der Waals surface area contributed by atoms with Crippen molar-refractivity contribution in [3.8, 4) is 17.2 Å². The second-order valence-electron chi connectivity index (χ2n) is 10.8. The largest absolute Gasteiger partial charge is 0.408 e. The van der Waals surface area contributed by atoms with Crippen LogP contribution < -0.4 is 0 Å². The predicted octanol–water partition coefficient (Wildman–Crippen LogP) is 6.41. The van der Waals surface area contributed by atoms with E-state index in [0.717, 1.165) is 33.7 Å².